The summed E-state index contributed by atoms with van der Waals surface area (Å²) in [6, 6.07) is 12.8. The highest BCUT2D eigenvalue weighted by molar-refractivity contribution is 6.43. The Morgan fingerprint density at radius 2 is 1.65 bits per heavy atom. The van der Waals surface area contributed by atoms with Crippen molar-refractivity contribution in [3.63, 3.8) is 0 Å². The summed E-state index contributed by atoms with van der Waals surface area (Å²) < 4.78 is 0. The van der Waals surface area contributed by atoms with Crippen LogP contribution in [0.15, 0.2) is 42.5 Å². The molecule has 0 fully saturated rings. The van der Waals surface area contributed by atoms with Crippen molar-refractivity contribution in [2.24, 2.45) is 0 Å². The van der Waals surface area contributed by atoms with Gasteiger partial charge in [-0.1, -0.05) is 59.6 Å². The first-order valence-corrected chi connectivity index (χ1v) is 5.90. The molecule has 0 radical (unpaired) electrons. The molecule has 0 saturated heterocycles. The number of ketones is 1. The summed E-state index contributed by atoms with van der Waals surface area (Å²) in [5, 5.41) is 1.06. The number of carbonyl (C=O) groups excluding carboxylic acids is 1. The van der Waals surface area contributed by atoms with E-state index in [1.54, 1.807) is 25.1 Å². The molecule has 0 heterocycles. The highest BCUT2D eigenvalue weighted by atomic mass is 35.5. The normalized spacial score (nSPS) is 10.3. The zero-order valence-electron chi connectivity index (χ0n) is 9.21. The summed E-state index contributed by atoms with van der Waals surface area (Å²) in [4.78, 5) is 11.2. The largest absolute Gasteiger partial charge is 0.295 e. The smallest absolute Gasteiger partial charge is 0.159 e. The third-order valence-corrected chi connectivity index (χ3v) is 3.37. The number of Topliss-reactive ketones (excluding diaryl/α,β-unsaturated/α-hetero) is 1. The first-order valence-electron chi connectivity index (χ1n) is 5.15. The van der Waals surface area contributed by atoms with Gasteiger partial charge in [0.25, 0.3) is 0 Å². The van der Waals surface area contributed by atoms with Gasteiger partial charge in [-0.05, 0) is 18.6 Å². The van der Waals surface area contributed by atoms with Crippen LogP contribution in [0.25, 0.3) is 11.1 Å². The molecule has 2 rings (SSSR count). The van der Waals surface area contributed by atoms with E-state index in [0.29, 0.717) is 15.6 Å². The van der Waals surface area contributed by atoms with E-state index in [1.165, 1.54) is 0 Å². The van der Waals surface area contributed by atoms with E-state index in [1.807, 2.05) is 24.3 Å². The quantitative estimate of drug-likeness (QED) is 0.708. The molecule has 0 amide bonds. The Morgan fingerprint density at radius 3 is 2.24 bits per heavy atom. The van der Waals surface area contributed by atoms with E-state index in [9.17, 15) is 4.79 Å². The Morgan fingerprint density at radius 1 is 1.00 bits per heavy atom. The standard InChI is InChI=1S/C14H10Cl2O/c1-9(17)10-5-7-11(8-6-10)12-3-2-4-13(15)14(12)16/h2-8H,1H3. The summed E-state index contributed by atoms with van der Waals surface area (Å²) in [7, 11) is 0. The van der Waals surface area contributed by atoms with Crippen LogP contribution in [0.1, 0.15) is 17.3 Å². The van der Waals surface area contributed by atoms with Crippen LogP contribution < -0.4 is 0 Å². The van der Waals surface area contributed by atoms with E-state index in [4.69, 9.17) is 23.2 Å². The molecule has 86 valence electrons. The molecule has 0 aliphatic carbocycles. The predicted molar refractivity (Wildman–Crippen MR) is 71.9 cm³/mol. The Bertz CT molecular complexity index is 559. The number of hydrogen-bond acceptors (Lipinski definition) is 1. The zero-order valence-corrected chi connectivity index (χ0v) is 10.7. The van der Waals surface area contributed by atoms with Crippen LogP contribution in [0.4, 0.5) is 0 Å². The Labute approximate surface area is 110 Å². The lowest BCUT2D eigenvalue weighted by Gasteiger charge is -2.06. The Kier molecular flexibility index (Phi) is 3.51. The third-order valence-electron chi connectivity index (χ3n) is 2.55. The second-order valence-electron chi connectivity index (χ2n) is 3.73. The van der Waals surface area contributed by atoms with Crippen molar-refractivity contribution < 1.29 is 4.79 Å². The van der Waals surface area contributed by atoms with Gasteiger partial charge in [0.2, 0.25) is 0 Å². The first kappa shape index (κ1) is 12.2. The molecular formula is C14H10Cl2O. The van der Waals surface area contributed by atoms with Crippen molar-refractivity contribution in [3.8, 4) is 11.1 Å². The maximum absolute atomic E-state index is 11.2. The van der Waals surface area contributed by atoms with Crippen LogP contribution in [0.5, 0.6) is 0 Å². The van der Waals surface area contributed by atoms with Crippen molar-refractivity contribution in [2.45, 2.75) is 6.92 Å². The van der Waals surface area contributed by atoms with E-state index in [-0.39, 0.29) is 5.78 Å². The molecule has 0 atom stereocenters. The van der Waals surface area contributed by atoms with Crippen molar-refractivity contribution in [1.29, 1.82) is 0 Å². The van der Waals surface area contributed by atoms with Gasteiger partial charge in [-0.25, -0.2) is 0 Å². The number of carbonyl (C=O) groups is 1. The molecule has 3 heteroatoms. The summed E-state index contributed by atoms with van der Waals surface area (Å²) >= 11 is 12.1. The first-order chi connectivity index (χ1) is 8.09. The molecule has 0 aliphatic rings. The second kappa shape index (κ2) is 4.91. The fourth-order valence-electron chi connectivity index (χ4n) is 1.61. The van der Waals surface area contributed by atoms with Crippen molar-refractivity contribution >= 4 is 29.0 Å². The molecule has 0 saturated carbocycles. The lowest BCUT2D eigenvalue weighted by Crippen LogP contribution is -1.91. The summed E-state index contributed by atoms with van der Waals surface area (Å²) in [5.74, 6) is 0.0498. The second-order valence-corrected chi connectivity index (χ2v) is 4.52. The number of benzene rings is 2. The zero-order chi connectivity index (χ0) is 12.4. The predicted octanol–water partition coefficient (Wildman–Crippen LogP) is 4.86. The van der Waals surface area contributed by atoms with E-state index in [0.717, 1.165) is 11.1 Å². The average molecular weight is 265 g/mol. The maximum atomic E-state index is 11.2. The van der Waals surface area contributed by atoms with Crippen LogP contribution in [0.3, 0.4) is 0 Å². The minimum atomic E-state index is 0.0498. The van der Waals surface area contributed by atoms with Crippen LogP contribution >= 0.6 is 23.2 Å². The lowest BCUT2D eigenvalue weighted by molar-refractivity contribution is 0.101. The van der Waals surface area contributed by atoms with Crippen LogP contribution in [0, 0.1) is 0 Å². The SMILES string of the molecule is CC(=O)c1ccc(-c2cccc(Cl)c2Cl)cc1. The van der Waals surface area contributed by atoms with Gasteiger partial charge < -0.3 is 0 Å². The van der Waals surface area contributed by atoms with Gasteiger partial charge in [0.1, 0.15) is 0 Å². The molecule has 2 aromatic rings. The van der Waals surface area contributed by atoms with Crippen molar-refractivity contribution in [1.82, 2.24) is 0 Å². The van der Waals surface area contributed by atoms with Gasteiger partial charge in [0, 0.05) is 11.1 Å². The Hall–Kier alpha value is -1.31. The minimum Gasteiger partial charge on any atom is -0.295 e. The minimum absolute atomic E-state index is 0.0498. The number of halogens is 2. The van der Waals surface area contributed by atoms with E-state index in [2.05, 4.69) is 0 Å². The molecule has 0 aromatic heterocycles. The molecule has 0 spiro atoms. The van der Waals surface area contributed by atoms with Crippen molar-refractivity contribution in [3.05, 3.63) is 58.1 Å². The highest BCUT2D eigenvalue weighted by Gasteiger charge is 2.07. The van der Waals surface area contributed by atoms with E-state index < -0.39 is 0 Å². The molecule has 17 heavy (non-hydrogen) atoms. The van der Waals surface area contributed by atoms with Gasteiger partial charge in [0.05, 0.1) is 10.0 Å². The van der Waals surface area contributed by atoms with E-state index >= 15 is 0 Å². The summed E-state index contributed by atoms with van der Waals surface area (Å²) in [5.41, 5.74) is 2.50. The lowest BCUT2D eigenvalue weighted by atomic mass is 10.0. The molecule has 0 unspecified atom stereocenters. The molecule has 1 nitrogen and oxygen atoms in total. The number of rotatable bonds is 2. The average Bonchev–Trinajstić information content (AvgIpc) is 2.33. The third kappa shape index (κ3) is 2.51. The van der Waals surface area contributed by atoms with Crippen molar-refractivity contribution in [2.75, 3.05) is 0 Å². The van der Waals surface area contributed by atoms with Crippen LogP contribution in [-0.2, 0) is 0 Å². The molecular weight excluding hydrogens is 255 g/mol. The van der Waals surface area contributed by atoms with Gasteiger partial charge in [-0.3, -0.25) is 4.79 Å². The summed E-state index contributed by atoms with van der Waals surface area (Å²) in [6.45, 7) is 1.54. The molecule has 0 aliphatic heterocycles. The topological polar surface area (TPSA) is 17.1 Å². The number of hydrogen-bond donors (Lipinski definition) is 0. The van der Waals surface area contributed by atoms with Gasteiger partial charge in [-0.2, -0.15) is 0 Å². The maximum Gasteiger partial charge on any atom is 0.159 e. The monoisotopic (exact) mass is 264 g/mol. The van der Waals surface area contributed by atoms with Crippen LogP contribution in [0.2, 0.25) is 10.0 Å². The molecule has 0 N–H and O–H groups in total. The Balaban J connectivity index is 2.47. The highest BCUT2D eigenvalue weighted by Crippen LogP contribution is 2.33. The van der Waals surface area contributed by atoms with Gasteiger partial charge >= 0.3 is 0 Å². The summed E-state index contributed by atoms with van der Waals surface area (Å²) in [6.07, 6.45) is 0. The van der Waals surface area contributed by atoms with Crippen LogP contribution in [-0.4, -0.2) is 5.78 Å². The fraction of sp³-hybridized carbons (Fsp3) is 0.0714. The fourth-order valence-corrected chi connectivity index (χ4v) is 2.02. The van der Waals surface area contributed by atoms with Gasteiger partial charge in [-0.15, -0.1) is 0 Å². The molecule has 2 aromatic carbocycles. The van der Waals surface area contributed by atoms with Gasteiger partial charge in [0.15, 0.2) is 5.78 Å². The molecule has 0 bridgehead atoms.